The fourth-order valence-electron chi connectivity index (χ4n) is 1.97. The van der Waals surface area contributed by atoms with E-state index in [9.17, 15) is 4.79 Å². The van der Waals surface area contributed by atoms with Crippen LogP contribution in [0.25, 0.3) is 10.9 Å². The molecule has 2 heterocycles. The molecule has 0 fully saturated rings. The van der Waals surface area contributed by atoms with Gasteiger partial charge in [-0.3, -0.25) is 15.1 Å². The molecule has 5 heteroatoms. The summed E-state index contributed by atoms with van der Waals surface area (Å²) in [5.74, 6) is 0.0250. The zero-order chi connectivity index (χ0) is 13.9. The number of para-hydroxylation sites is 1. The van der Waals surface area contributed by atoms with E-state index >= 15 is 0 Å². The van der Waals surface area contributed by atoms with Crippen LogP contribution in [0.1, 0.15) is 16.1 Å². The van der Waals surface area contributed by atoms with E-state index in [1.165, 1.54) is 0 Å². The van der Waals surface area contributed by atoms with Gasteiger partial charge in [0.15, 0.2) is 0 Å². The van der Waals surface area contributed by atoms with E-state index in [2.05, 4.69) is 20.3 Å². The highest BCUT2D eigenvalue weighted by atomic mass is 16.1. The van der Waals surface area contributed by atoms with Gasteiger partial charge in [-0.25, -0.2) is 9.97 Å². The second-order valence-corrected chi connectivity index (χ2v) is 4.34. The van der Waals surface area contributed by atoms with Gasteiger partial charge >= 0.3 is 0 Å². The Kier molecular flexibility index (Phi) is 3.09. The summed E-state index contributed by atoms with van der Waals surface area (Å²) in [6.45, 7) is 1.81. The number of anilines is 1. The van der Waals surface area contributed by atoms with Gasteiger partial charge in [0.05, 0.1) is 16.8 Å². The van der Waals surface area contributed by atoms with Gasteiger partial charge in [0.25, 0.3) is 5.91 Å². The molecule has 2 aromatic heterocycles. The molecule has 0 spiro atoms. The van der Waals surface area contributed by atoms with Gasteiger partial charge in [0, 0.05) is 17.8 Å². The fourth-order valence-corrected chi connectivity index (χ4v) is 1.97. The van der Waals surface area contributed by atoms with Crippen LogP contribution in [0.3, 0.4) is 0 Å². The Labute approximate surface area is 115 Å². The molecule has 0 atom stereocenters. The fraction of sp³-hybridized carbons (Fsp3) is 0.0667. The number of rotatable bonds is 2. The van der Waals surface area contributed by atoms with Crippen molar-refractivity contribution in [3.8, 4) is 0 Å². The third kappa shape index (κ3) is 2.33. The SMILES string of the molecule is Cc1nc2ccccc2cc1C(=O)Nc1ncccn1. The first-order chi connectivity index (χ1) is 9.74. The summed E-state index contributed by atoms with van der Waals surface area (Å²) < 4.78 is 0. The summed E-state index contributed by atoms with van der Waals surface area (Å²) in [5, 5.41) is 3.59. The van der Waals surface area contributed by atoms with Crippen molar-refractivity contribution in [2.24, 2.45) is 0 Å². The van der Waals surface area contributed by atoms with Crippen molar-refractivity contribution in [2.45, 2.75) is 6.92 Å². The summed E-state index contributed by atoms with van der Waals surface area (Å²) in [5.41, 5.74) is 2.07. The largest absolute Gasteiger partial charge is 0.290 e. The minimum absolute atomic E-state index is 0.257. The lowest BCUT2D eigenvalue weighted by Crippen LogP contribution is -2.15. The second kappa shape index (κ2) is 5.05. The Hall–Kier alpha value is -2.82. The zero-order valence-corrected chi connectivity index (χ0v) is 10.9. The van der Waals surface area contributed by atoms with Gasteiger partial charge in [-0.2, -0.15) is 0 Å². The Balaban J connectivity index is 1.97. The summed E-state index contributed by atoms with van der Waals surface area (Å²) in [4.78, 5) is 24.6. The van der Waals surface area contributed by atoms with Gasteiger partial charge in [-0.05, 0) is 25.1 Å². The molecule has 5 nitrogen and oxygen atoms in total. The number of carbonyl (C=O) groups excluding carboxylic acids is 1. The number of hydrogen-bond acceptors (Lipinski definition) is 4. The Bertz CT molecular complexity index is 771. The van der Waals surface area contributed by atoms with E-state index in [0.717, 1.165) is 10.9 Å². The van der Waals surface area contributed by atoms with Gasteiger partial charge in [0.1, 0.15) is 0 Å². The minimum atomic E-state index is -0.257. The van der Waals surface area contributed by atoms with E-state index < -0.39 is 0 Å². The number of nitrogens with zero attached hydrogens (tertiary/aromatic N) is 3. The molecule has 0 aliphatic rings. The normalized spacial score (nSPS) is 10.4. The van der Waals surface area contributed by atoms with E-state index in [-0.39, 0.29) is 11.9 Å². The number of hydrogen-bond donors (Lipinski definition) is 1. The third-order valence-electron chi connectivity index (χ3n) is 2.95. The van der Waals surface area contributed by atoms with Crippen LogP contribution < -0.4 is 5.32 Å². The molecular weight excluding hydrogens is 252 g/mol. The summed E-state index contributed by atoms with van der Waals surface area (Å²) in [6, 6.07) is 11.2. The Morgan fingerprint density at radius 2 is 1.85 bits per heavy atom. The molecule has 1 N–H and O–H groups in total. The van der Waals surface area contributed by atoms with Gasteiger partial charge in [-0.15, -0.1) is 0 Å². The van der Waals surface area contributed by atoms with Gasteiger partial charge in [-0.1, -0.05) is 18.2 Å². The van der Waals surface area contributed by atoms with Crippen LogP contribution in [0.15, 0.2) is 48.8 Å². The number of amides is 1. The van der Waals surface area contributed by atoms with Crippen LogP contribution >= 0.6 is 0 Å². The van der Waals surface area contributed by atoms with Crippen molar-refractivity contribution < 1.29 is 4.79 Å². The van der Waals surface area contributed by atoms with Crippen molar-refractivity contribution in [1.29, 1.82) is 0 Å². The topological polar surface area (TPSA) is 67.8 Å². The molecule has 1 amide bonds. The molecule has 0 saturated carbocycles. The number of aryl methyl sites for hydroxylation is 1. The molecular formula is C15H12N4O. The van der Waals surface area contributed by atoms with E-state index in [1.54, 1.807) is 18.5 Å². The summed E-state index contributed by atoms with van der Waals surface area (Å²) in [7, 11) is 0. The number of aromatic nitrogens is 3. The van der Waals surface area contributed by atoms with Crippen LogP contribution in [-0.2, 0) is 0 Å². The summed E-state index contributed by atoms with van der Waals surface area (Å²) >= 11 is 0. The van der Waals surface area contributed by atoms with Gasteiger partial charge < -0.3 is 0 Å². The monoisotopic (exact) mass is 264 g/mol. The van der Waals surface area contributed by atoms with Crippen LogP contribution in [-0.4, -0.2) is 20.9 Å². The lowest BCUT2D eigenvalue weighted by molar-refractivity contribution is 0.102. The molecule has 20 heavy (non-hydrogen) atoms. The smallest absolute Gasteiger partial charge is 0.259 e. The van der Waals surface area contributed by atoms with Crippen molar-refractivity contribution in [3.05, 3.63) is 60.0 Å². The molecule has 98 valence electrons. The highest BCUT2D eigenvalue weighted by Gasteiger charge is 2.12. The van der Waals surface area contributed by atoms with Gasteiger partial charge in [0.2, 0.25) is 5.95 Å². The maximum atomic E-state index is 12.2. The lowest BCUT2D eigenvalue weighted by Gasteiger charge is -2.07. The first-order valence-electron chi connectivity index (χ1n) is 6.19. The molecule has 0 radical (unpaired) electrons. The Morgan fingerprint density at radius 1 is 1.10 bits per heavy atom. The highest BCUT2D eigenvalue weighted by molar-refractivity contribution is 6.05. The second-order valence-electron chi connectivity index (χ2n) is 4.34. The van der Waals surface area contributed by atoms with Crippen LogP contribution in [0.2, 0.25) is 0 Å². The highest BCUT2D eigenvalue weighted by Crippen LogP contribution is 2.17. The maximum absolute atomic E-state index is 12.2. The standard InChI is InChI=1S/C15H12N4O/c1-10-12(9-11-5-2-3-6-13(11)18-10)14(20)19-15-16-7-4-8-17-15/h2-9H,1H3,(H,16,17,19,20). The van der Waals surface area contributed by atoms with Crippen molar-refractivity contribution in [2.75, 3.05) is 5.32 Å². The van der Waals surface area contributed by atoms with Crippen LogP contribution in [0, 0.1) is 6.92 Å². The quantitative estimate of drug-likeness (QED) is 0.772. The molecule has 3 aromatic rings. The third-order valence-corrected chi connectivity index (χ3v) is 2.95. The Morgan fingerprint density at radius 3 is 2.65 bits per heavy atom. The first-order valence-corrected chi connectivity index (χ1v) is 6.19. The van der Waals surface area contributed by atoms with Crippen LogP contribution in [0.5, 0.6) is 0 Å². The molecule has 0 saturated heterocycles. The molecule has 1 aromatic carbocycles. The maximum Gasteiger partial charge on any atom is 0.259 e. The lowest BCUT2D eigenvalue weighted by atomic mass is 10.1. The van der Waals surface area contributed by atoms with Crippen molar-refractivity contribution >= 4 is 22.8 Å². The number of benzene rings is 1. The average Bonchev–Trinajstić information content (AvgIpc) is 2.47. The molecule has 3 rings (SSSR count). The average molecular weight is 264 g/mol. The van der Waals surface area contributed by atoms with Crippen LogP contribution in [0.4, 0.5) is 5.95 Å². The molecule has 0 bridgehead atoms. The number of pyridine rings is 1. The van der Waals surface area contributed by atoms with E-state index in [4.69, 9.17) is 0 Å². The van der Waals surface area contributed by atoms with Crippen molar-refractivity contribution in [3.63, 3.8) is 0 Å². The zero-order valence-electron chi connectivity index (χ0n) is 10.9. The summed E-state index contributed by atoms with van der Waals surface area (Å²) in [6.07, 6.45) is 3.15. The molecule has 0 unspecified atom stereocenters. The number of fused-ring (bicyclic) bond motifs is 1. The van der Waals surface area contributed by atoms with Crippen molar-refractivity contribution in [1.82, 2.24) is 15.0 Å². The van der Waals surface area contributed by atoms with E-state index in [1.807, 2.05) is 37.3 Å². The first kappa shape index (κ1) is 12.2. The minimum Gasteiger partial charge on any atom is -0.290 e. The van der Waals surface area contributed by atoms with E-state index in [0.29, 0.717) is 11.3 Å². The number of carbonyl (C=O) groups is 1. The molecule has 0 aliphatic carbocycles. The predicted molar refractivity (Wildman–Crippen MR) is 76.5 cm³/mol. The predicted octanol–water partition coefficient (Wildman–Crippen LogP) is 2.59. The number of nitrogens with one attached hydrogen (secondary N) is 1. The molecule has 0 aliphatic heterocycles.